The highest BCUT2D eigenvalue weighted by molar-refractivity contribution is 9.10. The molecule has 0 unspecified atom stereocenters. The summed E-state index contributed by atoms with van der Waals surface area (Å²) in [5, 5.41) is 0. The predicted molar refractivity (Wildman–Crippen MR) is 90.7 cm³/mol. The molecule has 2 aromatic rings. The van der Waals surface area contributed by atoms with E-state index in [1.54, 1.807) is 30.3 Å². The minimum Gasteiger partial charge on any atom is -0.389 e. The normalized spacial score (nSPS) is 13.4. The van der Waals surface area contributed by atoms with Crippen LogP contribution in [0.3, 0.4) is 0 Å². The molecule has 0 aliphatic carbocycles. The van der Waals surface area contributed by atoms with Crippen LogP contribution in [-0.2, 0) is 6.54 Å². The van der Waals surface area contributed by atoms with Gasteiger partial charge in [0.25, 0.3) is 11.8 Å². The summed E-state index contributed by atoms with van der Waals surface area (Å²) in [5.74, 6) is -0.588. The van der Waals surface area contributed by atoms with Gasteiger partial charge in [-0.1, -0.05) is 46.3 Å². The SMILES string of the molecule is NC(=S)c1cc(Br)ccc1CN1C(=O)c2ccccc2C1=O. The zero-order valence-electron chi connectivity index (χ0n) is 11.4. The molecular formula is C16H11BrN2O2S. The van der Waals surface area contributed by atoms with Crippen LogP contribution in [0.4, 0.5) is 0 Å². The summed E-state index contributed by atoms with van der Waals surface area (Å²) in [5.41, 5.74) is 7.99. The summed E-state index contributed by atoms with van der Waals surface area (Å²) in [7, 11) is 0. The van der Waals surface area contributed by atoms with Crippen LogP contribution in [0.2, 0.25) is 0 Å². The Bertz CT molecular complexity index is 785. The van der Waals surface area contributed by atoms with Gasteiger partial charge in [0.1, 0.15) is 4.99 Å². The van der Waals surface area contributed by atoms with Crippen molar-refractivity contribution in [2.45, 2.75) is 6.54 Å². The van der Waals surface area contributed by atoms with E-state index in [4.69, 9.17) is 18.0 Å². The van der Waals surface area contributed by atoms with Crippen LogP contribution in [0.5, 0.6) is 0 Å². The van der Waals surface area contributed by atoms with Gasteiger partial charge in [0.05, 0.1) is 17.7 Å². The third kappa shape index (κ3) is 2.44. The Morgan fingerprint density at radius 2 is 1.68 bits per heavy atom. The van der Waals surface area contributed by atoms with E-state index in [1.165, 1.54) is 4.90 Å². The first-order valence-corrected chi connectivity index (χ1v) is 7.72. The molecule has 0 spiro atoms. The fourth-order valence-corrected chi connectivity index (χ4v) is 3.02. The molecule has 0 atom stereocenters. The number of halogens is 1. The van der Waals surface area contributed by atoms with E-state index in [0.29, 0.717) is 16.7 Å². The molecule has 1 heterocycles. The molecule has 1 aliphatic rings. The standard InChI is InChI=1S/C16H11BrN2O2S/c17-10-6-5-9(13(7-10)14(18)22)8-19-15(20)11-3-1-2-4-12(11)16(19)21/h1-7H,8H2,(H2,18,22). The summed E-state index contributed by atoms with van der Waals surface area (Å²) in [6, 6.07) is 12.2. The molecule has 1 aliphatic heterocycles. The highest BCUT2D eigenvalue weighted by Crippen LogP contribution is 2.26. The first kappa shape index (κ1) is 14.9. The van der Waals surface area contributed by atoms with E-state index >= 15 is 0 Å². The maximum absolute atomic E-state index is 12.4. The predicted octanol–water partition coefficient (Wildman–Crippen LogP) is 2.88. The molecule has 0 radical (unpaired) electrons. The van der Waals surface area contributed by atoms with Crippen molar-refractivity contribution in [3.05, 3.63) is 69.2 Å². The number of fused-ring (bicyclic) bond motifs is 1. The van der Waals surface area contributed by atoms with Gasteiger partial charge in [-0.25, -0.2) is 0 Å². The number of hydrogen-bond donors (Lipinski definition) is 1. The van der Waals surface area contributed by atoms with Gasteiger partial charge >= 0.3 is 0 Å². The Morgan fingerprint density at radius 1 is 1.09 bits per heavy atom. The van der Waals surface area contributed by atoms with Crippen molar-refractivity contribution in [2.75, 3.05) is 0 Å². The van der Waals surface area contributed by atoms with E-state index in [1.807, 2.05) is 12.1 Å². The number of nitrogens with zero attached hydrogens (tertiary/aromatic N) is 1. The van der Waals surface area contributed by atoms with Crippen LogP contribution in [0, 0.1) is 0 Å². The second-order valence-corrected chi connectivity index (χ2v) is 6.26. The molecule has 0 saturated carbocycles. The first-order valence-electron chi connectivity index (χ1n) is 6.52. The molecule has 2 N–H and O–H groups in total. The fourth-order valence-electron chi connectivity index (χ4n) is 2.47. The monoisotopic (exact) mass is 374 g/mol. The topological polar surface area (TPSA) is 63.4 Å². The van der Waals surface area contributed by atoms with Crippen LogP contribution >= 0.6 is 28.1 Å². The van der Waals surface area contributed by atoms with Crippen LogP contribution < -0.4 is 5.73 Å². The van der Waals surface area contributed by atoms with Gasteiger partial charge in [-0.15, -0.1) is 0 Å². The largest absolute Gasteiger partial charge is 0.389 e. The maximum atomic E-state index is 12.4. The number of carbonyl (C=O) groups excluding carboxylic acids is 2. The van der Waals surface area contributed by atoms with Crippen LogP contribution in [0.15, 0.2) is 46.9 Å². The highest BCUT2D eigenvalue weighted by atomic mass is 79.9. The Morgan fingerprint density at radius 3 is 2.23 bits per heavy atom. The molecule has 0 saturated heterocycles. The van der Waals surface area contributed by atoms with Gasteiger partial charge in [0.15, 0.2) is 0 Å². The van der Waals surface area contributed by atoms with Gasteiger partial charge in [-0.05, 0) is 29.8 Å². The van der Waals surface area contributed by atoms with Gasteiger partial charge in [-0.3, -0.25) is 14.5 Å². The molecule has 6 heteroatoms. The number of amides is 2. The lowest BCUT2D eigenvalue weighted by molar-refractivity contribution is 0.0642. The van der Waals surface area contributed by atoms with Crippen LogP contribution in [0.25, 0.3) is 0 Å². The van der Waals surface area contributed by atoms with E-state index < -0.39 is 0 Å². The van der Waals surface area contributed by atoms with Crippen molar-refractivity contribution >= 4 is 45.0 Å². The lowest BCUT2D eigenvalue weighted by Gasteiger charge is -2.16. The van der Waals surface area contributed by atoms with Crippen molar-refractivity contribution in [3.63, 3.8) is 0 Å². The zero-order valence-corrected chi connectivity index (χ0v) is 13.8. The summed E-state index contributed by atoms with van der Waals surface area (Å²) < 4.78 is 0.835. The Hall–Kier alpha value is -2.05. The number of hydrogen-bond acceptors (Lipinski definition) is 3. The van der Waals surface area contributed by atoms with E-state index in [-0.39, 0.29) is 23.3 Å². The molecule has 3 rings (SSSR count). The molecule has 0 bridgehead atoms. The second-order valence-electron chi connectivity index (χ2n) is 4.91. The van der Waals surface area contributed by atoms with Crippen molar-refractivity contribution in [2.24, 2.45) is 5.73 Å². The Balaban J connectivity index is 1.98. The van der Waals surface area contributed by atoms with Gasteiger partial charge < -0.3 is 5.73 Å². The van der Waals surface area contributed by atoms with Crippen molar-refractivity contribution in [1.29, 1.82) is 0 Å². The molecule has 22 heavy (non-hydrogen) atoms. The summed E-state index contributed by atoms with van der Waals surface area (Å²) in [6.07, 6.45) is 0. The summed E-state index contributed by atoms with van der Waals surface area (Å²) in [6.45, 7) is 0.145. The lowest BCUT2D eigenvalue weighted by Crippen LogP contribution is -2.30. The third-order valence-corrected chi connectivity index (χ3v) is 4.26. The highest BCUT2D eigenvalue weighted by Gasteiger charge is 2.35. The fraction of sp³-hybridized carbons (Fsp3) is 0.0625. The molecule has 110 valence electrons. The quantitative estimate of drug-likeness (QED) is 0.662. The maximum Gasteiger partial charge on any atom is 0.261 e. The number of nitrogens with two attached hydrogens (primary N) is 1. The third-order valence-electron chi connectivity index (χ3n) is 3.54. The zero-order chi connectivity index (χ0) is 15.9. The van der Waals surface area contributed by atoms with E-state index in [2.05, 4.69) is 15.9 Å². The molecule has 2 aromatic carbocycles. The van der Waals surface area contributed by atoms with Gasteiger partial charge in [0.2, 0.25) is 0 Å². The van der Waals surface area contributed by atoms with Crippen LogP contribution in [-0.4, -0.2) is 21.7 Å². The number of imide groups is 1. The number of rotatable bonds is 3. The molecule has 2 amide bonds. The molecular weight excluding hydrogens is 364 g/mol. The Kier molecular flexibility index (Phi) is 3.80. The lowest BCUT2D eigenvalue weighted by atomic mass is 10.1. The second kappa shape index (κ2) is 5.62. The number of carbonyl (C=O) groups is 2. The average molecular weight is 375 g/mol. The van der Waals surface area contributed by atoms with Crippen molar-refractivity contribution in [3.8, 4) is 0 Å². The van der Waals surface area contributed by atoms with E-state index in [9.17, 15) is 9.59 Å². The van der Waals surface area contributed by atoms with Gasteiger partial charge in [-0.2, -0.15) is 0 Å². The molecule has 4 nitrogen and oxygen atoms in total. The minimum atomic E-state index is -0.294. The number of benzene rings is 2. The summed E-state index contributed by atoms with van der Waals surface area (Å²) >= 11 is 8.41. The molecule has 0 fully saturated rings. The van der Waals surface area contributed by atoms with Crippen molar-refractivity contribution < 1.29 is 9.59 Å². The smallest absolute Gasteiger partial charge is 0.261 e. The Labute approximate surface area is 141 Å². The van der Waals surface area contributed by atoms with Gasteiger partial charge in [0, 0.05) is 10.0 Å². The van der Waals surface area contributed by atoms with Crippen LogP contribution in [0.1, 0.15) is 31.8 Å². The minimum absolute atomic E-state index is 0.145. The average Bonchev–Trinajstić information content (AvgIpc) is 2.74. The van der Waals surface area contributed by atoms with E-state index in [0.717, 1.165) is 10.0 Å². The molecule has 0 aromatic heterocycles. The first-order chi connectivity index (χ1) is 10.5. The van der Waals surface area contributed by atoms with Crippen molar-refractivity contribution in [1.82, 2.24) is 4.90 Å². The summed E-state index contributed by atoms with van der Waals surface area (Å²) in [4.78, 5) is 26.2. The number of thiocarbonyl (C=S) groups is 1.